The molecule has 0 amide bonds. The largest absolute Gasteiger partial charge is 0.444 e. The van der Waals surface area contributed by atoms with Gasteiger partial charge in [-0.25, -0.2) is 15.0 Å². The number of rotatable bonds is 5. The molecule has 0 bridgehead atoms. The first-order valence-corrected chi connectivity index (χ1v) is 5.91. The summed E-state index contributed by atoms with van der Waals surface area (Å²) in [6.45, 7) is 4.51. The summed E-state index contributed by atoms with van der Waals surface area (Å²) in [5.41, 5.74) is 0.974. The first-order chi connectivity index (χ1) is 8.74. The van der Waals surface area contributed by atoms with Crippen LogP contribution in [0.4, 0.5) is 11.6 Å². The van der Waals surface area contributed by atoms with Crippen molar-refractivity contribution in [3.63, 3.8) is 0 Å². The van der Waals surface area contributed by atoms with E-state index < -0.39 is 0 Å². The molecule has 2 aromatic heterocycles. The summed E-state index contributed by atoms with van der Waals surface area (Å²) in [5.74, 6) is 3.15. The van der Waals surface area contributed by atoms with Gasteiger partial charge in [0.05, 0.1) is 12.7 Å². The predicted molar refractivity (Wildman–Crippen MR) is 69.5 cm³/mol. The van der Waals surface area contributed by atoms with Crippen LogP contribution in [0.3, 0.4) is 0 Å². The van der Waals surface area contributed by atoms with Gasteiger partial charge >= 0.3 is 0 Å². The number of aryl methyl sites for hydroxylation is 1. The van der Waals surface area contributed by atoms with Crippen LogP contribution in [0.2, 0.25) is 0 Å². The third-order valence-electron chi connectivity index (χ3n) is 2.68. The fourth-order valence-corrected chi connectivity index (χ4v) is 1.63. The van der Waals surface area contributed by atoms with E-state index in [1.54, 1.807) is 6.20 Å². The van der Waals surface area contributed by atoms with Gasteiger partial charge in [-0.3, -0.25) is 0 Å². The summed E-state index contributed by atoms with van der Waals surface area (Å²) >= 11 is 0. The van der Waals surface area contributed by atoms with Gasteiger partial charge in [-0.05, 0) is 6.92 Å². The summed E-state index contributed by atoms with van der Waals surface area (Å²) in [4.78, 5) is 12.5. The van der Waals surface area contributed by atoms with Gasteiger partial charge < -0.3 is 15.1 Å². The van der Waals surface area contributed by atoms with E-state index in [-0.39, 0.29) is 0 Å². The molecule has 18 heavy (non-hydrogen) atoms. The Labute approximate surface area is 106 Å². The van der Waals surface area contributed by atoms with Crippen LogP contribution in [0, 0.1) is 6.92 Å². The van der Waals surface area contributed by atoms with Gasteiger partial charge in [-0.2, -0.15) is 0 Å². The third kappa shape index (κ3) is 2.58. The van der Waals surface area contributed by atoms with E-state index in [0.29, 0.717) is 12.4 Å². The van der Waals surface area contributed by atoms with Crippen LogP contribution < -0.4 is 10.6 Å². The van der Waals surface area contributed by atoms with Gasteiger partial charge in [-0.1, -0.05) is 6.92 Å². The van der Waals surface area contributed by atoms with Crippen LogP contribution in [-0.4, -0.2) is 22.0 Å². The SMILES string of the molecule is CCc1cnc(CNc2ncnc(NC)c2C)o1. The van der Waals surface area contributed by atoms with Crippen molar-refractivity contribution < 1.29 is 4.42 Å². The zero-order valence-electron chi connectivity index (χ0n) is 10.8. The molecule has 96 valence electrons. The van der Waals surface area contributed by atoms with Crippen LogP contribution in [0.15, 0.2) is 16.9 Å². The molecule has 0 saturated heterocycles. The molecule has 0 radical (unpaired) electrons. The molecule has 0 aliphatic heterocycles. The standard InChI is InChI=1S/C12H17N5O/c1-4-9-5-14-10(18-9)6-15-12-8(2)11(13-3)16-7-17-12/h5,7H,4,6H2,1-3H3,(H2,13,15,16,17). The lowest BCUT2D eigenvalue weighted by Gasteiger charge is -2.09. The Kier molecular flexibility index (Phi) is 3.76. The van der Waals surface area contributed by atoms with Crippen LogP contribution in [0.1, 0.15) is 24.1 Å². The zero-order chi connectivity index (χ0) is 13.0. The molecule has 6 heteroatoms. The highest BCUT2D eigenvalue weighted by Crippen LogP contribution is 2.18. The lowest BCUT2D eigenvalue weighted by molar-refractivity contribution is 0.465. The van der Waals surface area contributed by atoms with Crippen LogP contribution >= 0.6 is 0 Å². The number of anilines is 2. The second kappa shape index (κ2) is 5.48. The molecule has 0 unspecified atom stereocenters. The molecule has 0 spiro atoms. The van der Waals surface area contributed by atoms with Gasteiger partial charge in [0.1, 0.15) is 23.7 Å². The molecule has 2 aromatic rings. The quantitative estimate of drug-likeness (QED) is 0.841. The average Bonchev–Trinajstić information content (AvgIpc) is 2.85. The molecular weight excluding hydrogens is 230 g/mol. The maximum atomic E-state index is 5.52. The Morgan fingerprint density at radius 3 is 2.67 bits per heavy atom. The molecular formula is C12H17N5O. The van der Waals surface area contributed by atoms with Gasteiger partial charge in [0.25, 0.3) is 0 Å². The van der Waals surface area contributed by atoms with E-state index in [1.165, 1.54) is 6.33 Å². The van der Waals surface area contributed by atoms with Crippen LogP contribution in [-0.2, 0) is 13.0 Å². The van der Waals surface area contributed by atoms with Crippen molar-refractivity contribution >= 4 is 11.6 Å². The van der Waals surface area contributed by atoms with Crippen LogP contribution in [0.25, 0.3) is 0 Å². The Balaban J connectivity index is 2.06. The summed E-state index contributed by atoms with van der Waals surface area (Å²) < 4.78 is 5.52. The number of nitrogens with zero attached hydrogens (tertiary/aromatic N) is 3. The third-order valence-corrected chi connectivity index (χ3v) is 2.68. The lowest BCUT2D eigenvalue weighted by atomic mass is 10.3. The van der Waals surface area contributed by atoms with E-state index in [0.717, 1.165) is 29.4 Å². The maximum absolute atomic E-state index is 5.52. The second-order valence-corrected chi connectivity index (χ2v) is 3.87. The molecule has 0 atom stereocenters. The van der Waals surface area contributed by atoms with E-state index in [4.69, 9.17) is 4.42 Å². The monoisotopic (exact) mass is 247 g/mol. The summed E-state index contributed by atoms with van der Waals surface area (Å²) in [5, 5.41) is 6.21. The number of aromatic nitrogens is 3. The molecule has 2 heterocycles. The van der Waals surface area contributed by atoms with Crippen molar-refractivity contribution in [3.05, 3.63) is 29.7 Å². The smallest absolute Gasteiger partial charge is 0.213 e. The molecule has 0 aliphatic rings. The van der Waals surface area contributed by atoms with Gasteiger partial charge in [0.2, 0.25) is 5.89 Å². The van der Waals surface area contributed by atoms with E-state index >= 15 is 0 Å². The van der Waals surface area contributed by atoms with Crippen LogP contribution in [0.5, 0.6) is 0 Å². The minimum atomic E-state index is 0.515. The highest BCUT2D eigenvalue weighted by Gasteiger charge is 2.07. The minimum Gasteiger partial charge on any atom is -0.444 e. The topological polar surface area (TPSA) is 75.9 Å². The number of hydrogen-bond acceptors (Lipinski definition) is 6. The number of oxazole rings is 1. The van der Waals surface area contributed by atoms with Crippen molar-refractivity contribution in [1.82, 2.24) is 15.0 Å². The van der Waals surface area contributed by atoms with Gasteiger partial charge in [0.15, 0.2) is 0 Å². The molecule has 2 N–H and O–H groups in total. The Morgan fingerprint density at radius 2 is 2.00 bits per heavy atom. The van der Waals surface area contributed by atoms with E-state index in [9.17, 15) is 0 Å². The van der Waals surface area contributed by atoms with Crippen molar-refractivity contribution in [2.24, 2.45) is 0 Å². The molecule has 2 rings (SSSR count). The van der Waals surface area contributed by atoms with Crippen molar-refractivity contribution in [2.45, 2.75) is 26.8 Å². The highest BCUT2D eigenvalue weighted by molar-refractivity contribution is 5.55. The number of hydrogen-bond donors (Lipinski definition) is 2. The minimum absolute atomic E-state index is 0.515. The molecule has 0 saturated carbocycles. The van der Waals surface area contributed by atoms with Crippen molar-refractivity contribution in [3.8, 4) is 0 Å². The molecule has 0 aromatic carbocycles. The van der Waals surface area contributed by atoms with E-state index in [2.05, 4.69) is 25.6 Å². The maximum Gasteiger partial charge on any atom is 0.213 e. The Morgan fingerprint density at radius 1 is 1.22 bits per heavy atom. The first-order valence-electron chi connectivity index (χ1n) is 5.91. The predicted octanol–water partition coefficient (Wildman–Crippen LogP) is 1.99. The summed E-state index contributed by atoms with van der Waals surface area (Å²) in [7, 11) is 1.83. The van der Waals surface area contributed by atoms with Gasteiger partial charge in [0, 0.05) is 19.0 Å². The number of nitrogens with one attached hydrogen (secondary N) is 2. The van der Waals surface area contributed by atoms with Gasteiger partial charge in [-0.15, -0.1) is 0 Å². The van der Waals surface area contributed by atoms with Crippen molar-refractivity contribution in [2.75, 3.05) is 17.7 Å². The Bertz CT molecular complexity index is 523. The first kappa shape index (κ1) is 12.3. The average molecular weight is 247 g/mol. The van der Waals surface area contributed by atoms with Crippen molar-refractivity contribution in [1.29, 1.82) is 0 Å². The second-order valence-electron chi connectivity index (χ2n) is 3.87. The molecule has 6 nitrogen and oxygen atoms in total. The van der Waals surface area contributed by atoms with E-state index in [1.807, 2.05) is 20.9 Å². The fourth-order valence-electron chi connectivity index (χ4n) is 1.63. The normalized spacial score (nSPS) is 10.4. The zero-order valence-corrected chi connectivity index (χ0v) is 10.8. The molecule has 0 aliphatic carbocycles. The fraction of sp³-hybridized carbons (Fsp3) is 0.417. The summed E-state index contributed by atoms with van der Waals surface area (Å²) in [6, 6.07) is 0. The summed E-state index contributed by atoms with van der Waals surface area (Å²) in [6.07, 6.45) is 4.13. The highest BCUT2D eigenvalue weighted by atomic mass is 16.4. The Hall–Kier alpha value is -2.11. The molecule has 0 fully saturated rings. The lowest BCUT2D eigenvalue weighted by Crippen LogP contribution is -2.06.